The van der Waals surface area contributed by atoms with Crippen LogP contribution in [0.25, 0.3) is 0 Å². The van der Waals surface area contributed by atoms with Gasteiger partial charge in [0.15, 0.2) is 0 Å². The summed E-state index contributed by atoms with van der Waals surface area (Å²) < 4.78 is 0. The van der Waals surface area contributed by atoms with E-state index in [1.165, 1.54) is 0 Å². The Labute approximate surface area is 182 Å². The Morgan fingerprint density at radius 3 is 1.17 bits per heavy atom. The summed E-state index contributed by atoms with van der Waals surface area (Å²) in [5.74, 6) is 0.411. The summed E-state index contributed by atoms with van der Waals surface area (Å²) in [4.78, 5) is 0. The summed E-state index contributed by atoms with van der Waals surface area (Å²) >= 11 is 0. The van der Waals surface area contributed by atoms with Gasteiger partial charge >= 0.3 is 0 Å². The van der Waals surface area contributed by atoms with Gasteiger partial charge in [-0.2, -0.15) is 0 Å². The Hall–Kier alpha value is -2.00. The molecule has 0 fully saturated rings. The highest BCUT2D eigenvalue weighted by atomic mass is 16.3. The Bertz CT molecular complexity index is 894. The SMILES string of the molecule is Cc1cc(C(C)(CO)c2cc(C)c(C)c(C(C)(C)C)c2O)c(O)c(C(C)(C)C)c1C. The van der Waals surface area contributed by atoms with Crippen LogP contribution in [0.3, 0.4) is 0 Å². The van der Waals surface area contributed by atoms with Crippen LogP contribution in [0.2, 0.25) is 0 Å². The van der Waals surface area contributed by atoms with Crippen molar-refractivity contribution in [3.8, 4) is 11.5 Å². The minimum atomic E-state index is -0.953. The van der Waals surface area contributed by atoms with E-state index in [2.05, 4.69) is 41.5 Å². The predicted molar refractivity (Wildman–Crippen MR) is 126 cm³/mol. The second-order valence-corrected chi connectivity index (χ2v) is 11.2. The molecule has 0 spiro atoms. The van der Waals surface area contributed by atoms with Crippen LogP contribution in [0.5, 0.6) is 11.5 Å². The molecule has 0 radical (unpaired) electrons. The van der Waals surface area contributed by atoms with Crippen molar-refractivity contribution < 1.29 is 15.3 Å². The van der Waals surface area contributed by atoms with Crippen molar-refractivity contribution in [3.63, 3.8) is 0 Å². The van der Waals surface area contributed by atoms with Crippen LogP contribution in [0, 0.1) is 27.7 Å². The number of aliphatic hydroxyl groups is 1. The molecule has 2 aromatic rings. The molecule has 3 nitrogen and oxygen atoms in total. The van der Waals surface area contributed by atoms with E-state index in [0.717, 1.165) is 33.4 Å². The lowest BCUT2D eigenvalue weighted by atomic mass is 9.69. The topological polar surface area (TPSA) is 60.7 Å². The monoisotopic (exact) mass is 412 g/mol. The predicted octanol–water partition coefficient (Wildman–Crippen LogP) is 6.22. The highest BCUT2D eigenvalue weighted by Gasteiger charge is 2.38. The Balaban J connectivity index is 2.99. The van der Waals surface area contributed by atoms with E-state index in [4.69, 9.17) is 0 Å². The summed E-state index contributed by atoms with van der Waals surface area (Å²) in [5.41, 5.74) is 5.85. The summed E-state index contributed by atoms with van der Waals surface area (Å²) in [6.07, 6.45) is 0. The van der Waals surface area contributed by atoms with Crippen molar-refractivity contribution in [1.29, 1.82) is 0 Å². The standard InChI is InChI=1S/C27H40O3/c1-15-12-19(23(29)21(17(15)3)25(5,6)7)27(11,14-28)20-13-16(2)18(4)22(24(20)30)26(8,9)10/h12-13,28-30H,14H2,1-11H3. The molecule has 0 aliphatic carbocycles. The van der Waals surface area contributed by atoms with Crippen molar-refractivity contribution in [2.24, 2.45) is 0 Å². The van der Waals surface area contributed by atoms with Crippen LogP contribution < -0.4 is 0 Å². The van der Waals surface area contributed by atoms with E-state index in [1.54, 1.807) is 0 Å². The summed E-state index contributed by atoms with van der Waals surface area (Å²) in [7, 11) is 0. The molecular weight excluding hydrogens is 372 g/mol. The Morgan fingerprint density at radius 2 is 0.933 bits per heavy atom. The van der Waals surface area contributed by atoms with Crippen molar-refractivity contribution in [1.82, 2.24) is 0 Å². The zero-order valence-electron chi connectivity index (χ0n) is 20.7. The van der Waals surface area contributed by atoms with Gasteiger partial charge in [-0.25, -0.2) is 0 Å². The molecule has 3 N–H and O–H groups in total. The second kappa shape index (κ2) is 7.60. The van der Waals surface area contributed by atoms with E-state index in [9.17, 15) is 15.3 Å². The minimum Gasteiger partial charge on any atom is -0.507 e. The molecule has 0 aliphatic rings. The van der Waals surface area contributed by atoms with Gasteiger partial charge in [-0.15, -0.1) is 0 Å². The maximum Gasteiger partial charge on any atom is 0.123 e. The molecule has 0 aliphatic heterocycles. The smallest absolute Gasteiger partial charge is 0.123 e. The summed E-state index contributed by atoms with van der Waals surface area (Å²) in [6.45, 7) is 22.3. The van der Waals surface area contributed by atoms with Crippen molar-refractivity contribution >= 4 is 0 Å². The number of rotatable bonds is 3. The number of aliphatic hydroxyl groups excluding tert-OH is 1. The average molecular weight is 413 g/mol. The number of hydrogen-bond donors (Lipinski definition) is 3. The number of benzene rings is 2. The molecule has 30 heavy (non-hydrogen) atoms. The highest BCUT2D eigenvalue weighted by Crippen LogP contribution is 2.49. The van der Waals surface area contributed by atoms with Gasteiger partial charge in [-0.05, 0) is 67.7 Å². The van der Waals surface area contributed by atoms with Gasteiger partial charge < -0.3 is 15.3 Å². The van der Waals surface area contributed by atoms with Crippen LogP contribution in [-0.2, 0) is 16.2 Å². The van der Waals surface area contributed by atoms with Crippen molar-refractivity contribution in [2.75, 3.05) is 6.61 Å². The first-order valence-corrected chi connectivity index (χ1v) is 10.8. The Morgan fingerprint density at radius 1 is 0.633 bits per heavy atom. The fraction of sp³-hybridized carbons (Fsp3) is 0.556. The van der Waals surface area contributed by atoms with E-state index in [-0.39, 0.29) is 28.9 Å². The van der Waals surface area contributed by atoms with Gasteiger partial charge in [-0.1, -0.05) is 53.7 Å². The minimum absolute atomic E-state index is 0.206. The van der Waals surface area contributed by atoms with Gasteiger partial charge in [0.25, 0.3) is 0 Å². The molecular formula is C27H40O3. The van der Waals surface area contributed by atoms with Crippen LogP contribution in [0.1, 0.15) is 93.0 Å². The number of aryl methyl sites for hydroxylation is 2. The van der Waals surface area contributed by atoms with Crippen molar-refractivity contribution in [3.05, 3.63) is 56.6 Å². The summed E-state index contributed by atoms with van der Waals surface area (Å²) in [6, 6.07) is 3.92. The molecule has 0 saturated heterocycles. The number of phenols is 2. The van der Waals surface area contributed by atoms with Crippen LogP contribution in [0.15, 0.2) is 12.1 Å². The average Bonchev–Trinajstić information content (AvgIpc) is 2.58. The van der Waals surface area contributed by atoms with Crippen LogP contribution in [-0.4, -0.2) is 21.9 Å². The number of hydrogen-bond acceptors (Lipinski definition) is 3. The fourth-order valence-corrected chi connectivity index (χ4v) is 4.80. The first-order chi connectivity index (χ1) is 13.5. The molecule has 2 rings (SSSR count). The lowest BCUT2D eigenvalue weighted by Gasteiger charge is -2.36. The van der Waals surface area contributed by atoms with E-state index in [1.807, 2.05) is 46.8 Å². The molecule has 0 heterocycles. The lowest BCUT2D eigenvalue weighted by Crippen LogP contribution is -2.31. The molecule has 0 amide bonds. The van der Waals surface area contributed by atoms with Crippen molar-refractivity contribution in [2.45, 2.75) is 92.4 Å². The molecule has 2 aromatic carbocycles. The molecule has 166 valence electrons. The van der Waals surface area contributed by atoms with Gasteiger partial charge in [0.2, 0.25) is 0 Å². The normalized spacial score (nSPS) is 13.1. The van der Waals surface area contributed by atoms with E-state index >= 15 is 0 Å². The number of phenolic OH excluding ortho intramolecular Hbond substituents is 2. The number of aromatic hydroxyl groups is 2. The first kappa shape index (κ1) is 24.3. The molecule has 0 bridgehead atoms. The maximum atomic E-state index is 11.4. The highest BCUT2D eigenvalue weighted by molar-refractivity contribution is 5.62. The zero-order valence-corrected chi connectivity index (χ0v) is 20.7. The molecule has 3 heteroatoms. The largest absolute Gasteiger partial charge is 0.507 e. The van der Waals surface area contributed by atoms with Gasteiger partial charge in [0.05, 0.1) is 6.61 Å². The quantitative estimate of drug-likeness (QED) is 0.560. The third-order valence-corrected chi connectivity index (χ3v) is 6.64. The third kappa shape index (κ3) is 3.85. The lowest BCUT2D eigenvalue weighted by molar-refractivity contribution is 0.224. The maximum absolute atomic E-state index is 11.4. The zero-order chi connectivity index (χ0) is 23.4. The molecule has 0 saturated carbocycles. The van der Waals surface area contributed by atoms with Gasteiger partial charge in [0, 0.05) is 27.7 Å². The second-order valence-electron chi connectivity index (χ2n) is 11.2. The van der Waals surface area contributed by atoms with Crippen LogP contribution >= 0.6 is 0 Å². The Kier molecular flexibility index (Phi) is 6.15. The van der Waals surface area contributed by atoms with Gasteiger partial charge in [0.1, 0.15) is 11.5 Å². The molecule has 0 aromatic heterocycles. The third-order valence-electron chi connectivity index (χ3n) is 6.64. The van der Waals surface area contributed by atoms with E-state index in [0.29, 0.717) is 11.1 Å². The first-order valence-electron chi connectivity index (χ1n) is 10.8. The summed E-state index contributed by atoms with van der Waals surface area (Å²) in [5, 5.41) is 33.4. The van der Waals surface area contributed by atoms with Crippen LogP contribution in [0.4, 0.5) is 0 Å². The van der Waals surface area contributed by atoms with Gasteiger partial charge in [-0.3, -0.25) is 0 Å². The van der Waals surface area contributed by atoms with E-state index < -0.39 is 5.41 Å². The molecule has 0 atom stereocenters. The fourth-order valence-electron chi connectivity index (χ4n) is 4.80. The molecule has 0 unspecified atom stereocenters.